The molecular formula is C24H30F3N7O2. The smallest absolute Gasteiger partial charge is 0.380 e. The van der Waals surface area contributed by atoms with Crippen LogP contribution in [0.1, 0.15) is 60.6 Å². The zero-order valence-corrected chi connectivity index (χ0v) is 20.2. The van der Waals surface area contributed by atoms with Crippen LogP contribution in [0.25, 0.3) is 0 Å². The lowest BCUT2D eigenvalue weighted by atomic mass is 9.56. The number of hydrogen-bond donors (Lipinski definition) is 1. The van der Waals surface area contributed by atoms with Gasteiger partial charge in [-0.05, 0) is 44.1 Å². The topological polar surface area (TPSA) is 92.2 Å². The summed E-state index contributed by atoms with van der Waals surface area (Å²) in [6.45, 7) is 4.55. The summed E-state index contributed by atoms with van der Waals surface area (Å²) >= 11 is 0. The Morgan fingerprint density at radius 2 is 1.72 bits per heavy atom. The van der Waals surface area contributed by atoms with E-state index < -0.39 is 11.9 Å². The molecule has 2 aromatic heterocycles. The maximum atomic E-state index is 13.0. The van der Waals surface area contributed by atoms with Gasteiger partial charge < -0.3 is 14.5 Å². The van der Waals surface area contributed by atoms with Crippen molar-refractivity contribution in [3.05, 3.63) is 29.1 Å². The van der Waals surface area contributed by atoms with Crippen LogP contribution in [-0.2, 0) is 24.4 Å². The number of rotatable bonds is 4. The molecule has 194 valence electrons. The highest BCUT2D eigenvalue weighted by atomic mass is 19.4. The lowest BCUT2D eigenvalue weighted by Gasteiger charge is -2.63. The molecule has 0 unspecified atom stereocenters. The molecule has 2 aromatic rings. The average molecular weight is 506 g/mol. The van der Waals surface area contributed by atoms with Gasteiger partial charge in [0.05, 0.1) is 24.8 Å². The third-order valence-corrected chi connectivity index (χ3v) is 9.08. The van der Waals surface area contributed by atoms with Gasteiger partial charge in [0.15, 0.2) is 5.82 Å². The molecule has 5 heterocycles. The van der Waals surface area contributed by atoms with E-state index in [0.717, 1.165) is 74.3 Å². The van der Waals surface area contributed by atoms with E-state index in [1.54, 1.807) is 0 Å². The molecule has 0 atom stereocenters. The molecule has 5 fully saturated rings. The van der Waals surface area contributed by atoms with Crippen molar-refractivity contribution in [1.29, 1.82) is 0 Å². The van der Waals surface area contributed by atoms with Crippen molar-refractivity contribution in [3.8, 4) is 0 Å². The van der Waals surface area contributed by atoms with Gasteiger partial charge in [0.25, 0.3) is 0 Å². The fourth-order valence-corrected chi connectivity index (χ4v) is 7.23. The molecule has 0 aromatic carbocycles. The predicted octanol–water partition coefficient (Wildman–Crippen LogP) is 2.92. The number of aryl methyl sites for hydroxylation is 1. The highest BCUT2D eigenvalue weighted by Crippen LogP contribution is 2.57. The van der Waals surface area contributed by atoms with Crippen LogP contribution in [0.2, 0.25) is 0 Å². The van der Waals surface area contributed by atoms with E-state index in [2.05, 4.69) is 20.3 Å². The number of urea groups is 1. The molecule has 1 N–H and O–H groups in total. The minimum Gasteiger partial charge on any atom is -0.380 e. The van der Waals surface area contributed by atoms with Crippen LogP contribution in [0.3, 0.4) is 0 Å². The van der Waals surface area contributed by atoms with Crippen molar-refractivity contribution >= 4 is 6.03 Å². The van der Waals surface area contributed by atoms with Gasteiger partial charge in [-0.25, -0.2) is 9.78 Å². The predicted molar refractivity (Wildman–Crippen MR) is 120 cm³/mol. The second-order valence-electron chi connectivity index (χ2n) is 12.0. The molecule has 2 amide bonds. The van der Waals surface area contributed by atoms with Crippen molar-refractivity contribution in [1.82, 2.24) is 34.8 Å². The van der Waals surface area contributed by atoms with Gasteiger partial charge in [-0.15, -0.1) is 0 Å². The van der Waals surface area contributed by atoms with Crippen molar-refractivity contribution in [2.75, 3.05) is 39.4 Å². The molecule has 2 aliphatic carbocycles. The lowest BCUT2D eigenvalue weighted by molar-refractivity contribution is -0.143. The van der Waals surface area contributed by atoms with Crippen LogP contribution in [0.5, 0.6) is 0 Å². The van der Waals surface area contributed by atoms with Crippen LogP contribution < -0.4 is 0 Å². The summed E-state index contributed by atoms with van der Waals surface area (Å²) in [6.07, 6.45) is 0.176. The minimum atomic E-state index is -4.38. The summed E-state index contributed by atoms with van der Waals surface area (Å²) in [4.78, 5) is 21.5. The van der Waals surface area contributed by atoms with Crippen LogP contribution in [0.15, 0.2) is 6.07 Å². The Kier molecular flexibility index (Phi) is 4.67. The van der Waals surface area contributed by atoms with Crippen LogP contribution in [0.4, 0.5) is 18.0 Å². The molecule has 36 heavy (non-hydrogen) atoms. The number of H-pyrrole nitrogens is 1. The third-order valence-electron chi connectivity index (χ3n) is 9.08. The fraction of sp³-hybridized carbons (Fsp3) is 0.750. The van der Waals surface area contributed by atoms with E-state index in [1.807, 2.05) is 9.80 Å². The molecule has 2 spiro atoms. The molecule has 9 nitrogen and oxygen atoms in total. The Morgan fingerprint density at radius 3 is 2.28 bits per heavy atom. The molecule has 0 radical (unpaired) electrons. The number of carbonyl (C=O) groups is 1. The fourth-order valence-electron chi connectivity index (χ4n) is 7.23. The van der Waals surface area contributed by atoms with Crippen LogP contribution in [0, 0.1) is 16.7 Å². The van der Waals surface area contributed by atoms with E-state index in [0.29, 0.717) is 43.1 Å². The van der Waals surface area contributed by atoms with Crippen molar-refractivity contribution < 1.29 is 22.7 Å². The quantitative estimate of drug-likeness (QED) is 0.690. The van der Waals surface area contributed by atoms with Gasteiger partial charge in [-0.1, -0.05) is 0 Å². The minimum absolute atomic E-state index is 0.129. The van der Waals surface area contributed by atoms with E-state index in [9.17, 15) is 18.0 Å². The third kappa shape index (κ3) is 3.54. The number of aromatic amines is 1. The van der Waals surface area contributed by atoms with Crippen molar-refractivity contribution in [2.45, 2.75) is 50.1 Å². The Hall–Kier alpha value is -2.63. The molecular weight excluding hydrogens is 475 g/mol. The van der Waals surface area contributed by atoms with E-state index in [-0.39, 0.29) is 16.9 Å². The largest absolute Gasteiger partial charge is 0.433 e. The van der Waals surface area contributed by atoms with E-state index in [4.69, 9.17) is 4.74 Å². The second-order valence-corrected chi connectivity index (χ2v) is 12.0. The number of likely N-dealkylation sites (tertiary alicyclic amines) is 2. The van der Waals surface area contributed by atoms with Gasteiger partial charge in [-0.3, -0.25) is 9.78 Å². The first-order valence-corrected chi connectivity index (χ1v) is 12.7. The standard InChI is InChI=1S/C24H30F3N7O2/c1-32-18(24(25,26)27)3-17(31-32)2-14-4-22(5-14)10-33(11-22)21(35)34-12-23(13-34)6-15(7-23)19-28-20(30-29-19)16-8-36-9-16/h3,14-16H,2,4-13H2,1H3,(H,28,29,30). The van der Waals surface area contributed by atoms with Crippen molar-refractivity contribution in [3.63, 3.8) is 0 Å². The van der Waals surface area contributed by atoms with Crippen LogP contribution >= 0.6 is 0 Å². The first-order valence-electron chi connectivity index (χ1n) is 12.7. The first-order chi connectivity index (χ1) is 17.1. The number of nitrogens with one attached hydrogen (secondary N) is 1. The molecule has 3 aliphatic heterocycles. The van der Waals surface area contributed by atoms with Crippen molar-refractivity contribution in [2.24, 2.45) is 23.8 Å². The van der Waals surface area contributed by atoms with Gasteiger partial charge >= 0.3 is 12.2 Å². The number of carbonyl (C=O) groups excluding carboxylic acids is 1. The first kappa shape index (κ1) is 22.6. The number of ether oxygens (including phenoxy) is 1. The monoisotopic (exact) mass is 505 g/mol. The number of nitrogens with zero attached hydrogens (tertiary/aromatic N) is 6. The number of alkyl halides is 3. The SMILES string of the molecule is Cn1nc(CC2CC3(C2)CN(C(=O)N2CC4(CC(c5nc(C6COC6)n[nH]5)C4)C2)C3)cc1C(F)(F)F. The molecule has 3 saturated heterocycles. The number of hydrogen-bond acceptors (Lipinski definition) is 5. The summed E-state index contributed by atoms with van der Waals surface area (Å²) in [5.41, 5.74) is 0.183. The number of halogens is 3. The summed E-state index contributed by atoms with van der Waals surface area (Å²) in [7, 11) is 1.34. The Balaban J connectivity index is 0.846. The number of aromatic nitrogens is 5. The molecule has 12 heteroatoms. The summed E-state index contributed by atoms with van der Waals surface area (Å²) in [6, 6.07) is 1.29. The zero-order valence-electron chi connectivity index (χ0n) is 20.2. The van der Waals surface area contributed by atoms with E-state index >= 15 is 0 Å². The average Bonchev–Trinajstić information content (AvgIpc) is 3.25. The molecule has 2 saturated carbocycles. The Labute approximate surface area is 206 Å². The van der Waals surface area contributed by atoms with Gasteiger partial charge in [0, 0.05) is 50.0 Å². The molecule has 0 bridgehead atoms. The maximum Gasteiger partial charge on any atom is 0.433 e. The molecule has 7 rings (SSSR count). The van der Waals surface area contributed by atoms with Crippen LogP contribution in [-0.4, -0.2) is 80.2 Å². The lowest BCUT2D eigenvalue weighted by Crippen LogP contribution is -2.70. The Bertz CT molecular complexity index is 1170. The maximum absolute atomic E-state index is 13.0. The highest BCUT2D eigenvalue weighted by Gasteiger charge is 2.58. The summed E-state index contributed by atoms with van der Waals surface area (Å²) in [5.74, 6) is 2.89. The van der Waals surface area contributed by atoms with Gasteiger partial charge in [-0.2, -0.15) is 23.4 Å². The van der Waals surface area contributed by atoms with Gasteiger partial charge in [0.1, 0.15) is 11.5 Å². The Morgan fingerprint density at radius 1 is 1.08 bits per heavy atom. The number of amides is 2. The molecule has 5 aliphatic rings. The summed E-state index contributed by atoms with van der Waals surface area (Å²) in [5, 5.41) is 11.5. The van der Waals surface area contributed by atoms with E-state index in [1.165, 1.54) is 7.05 Å². The van der Waals surface area contributed by atoms with Gasteiger partial charge in [0.2, 0.25) is 0 Å². The second kappa shape index (κ2) is 7.45. The zero-order chi connectivity index (χ0) is 24.9. The normalized spacial score (nSPS) is 25.3. The summed E-state index contributed by atoms with van der Waals surface area (Å²) < 4.78 is 45.1. The highest BCUT2D eigenvalue weighted by molar-refractivity contribution is 5.77.